The Hall–Kier alpha value is -3.97. The fourth-order valence-corrected chi connectivity index (χ4v) is 3.72. The van der Waals surface area contributed by atoms with Gasteiger partial charge in [0.15, 0.2) is 5.82 Å². The number of hydrogen-bond donors (Lipinski definition) is 4. The first-order valence-electron chi connectivity index (χ1n) is 11.0. The van der Waals surface area contributed by atoms with Gasteiger partial charge in [0.25, 0.3) is 6.43 Å². The highest BCUT2D eigenvalue weighted by Crippen LogP contribution is 2.35. The number of nitrogens with one attached hydrogen (secondary N) is 4. The number of aromatic nitrogens is 3. The van der Waals surface area contributed by atoms with Gasteiger partial charge in [0.1, 0.15) is 11.7 Å². The van der Waals surface area contributed by atoms with Crippen LogP contribution in [0, 0.1) is 11.3 Å². The molecule has 0 bridgehead atoms. The van der Waals surface area contributed by atoms with Gasteiger partial charge in [-0.15, -0.1) is 0 Å². The third kappa shape index (κ3) is 6.24. The fourth-order valence-electron chi connectivity index (χ4n) is 3.72. The number of pyridine rings is 1. The van der Waals surface area contributed by atoms with Crippen LogP contribution in [0.1, 0.15) is 37.4 Å². The normalized spacial score (nSPS) is 15.9. The predicted molar refractivity (Wildman–Crippen MR) is 129 cm³/mol. The average molecular weight is 529 g/mol. The van der Waals surface area contributed by atoms with E-state index in [4.69, 9.17) is 5.41 Å². The Balaban J connectivity index is 2.07. The zero-order valence-electron chi connectivity index (χ0n) is 20.2. The summed E-state index contributed by atoms with van der Waals surface area (Å²) < 4.78 is 86.1. The van der Waals surface area contributed by atoms with Crippen LogP contribution in [0.25, 0.3) is 5.82 Å². The summed E-state index contributed by atoms with van der Waals surface area (Å²) in [5, 5.41) is 14.4. The molecule has 3 rings (SSSR count). The molecule has 0 saturated heterocycles. The van der Waals surface area contributed by atoms with Crippen LogP contribution in [-0.4, -0.2) is 39.2 Å². The Kier molecular flexibility index (Phi) is 8.18. The molecular weight excluding hydrogens is 502 g/mol. The number of alkyl halides is 5. The summed E-state index contributed by atoms with van der Waals surface area (Å²) in [6, 6.07) is 1.10. The topological polar surface area (TPSA) is 95.1 Å². The zero-order valence-corrected chi connectivity index (χ0v) is 20.2. The Labute approximate surface area is 209 Å². The third-order valence-electron chi connectivity index (χ3n) is 5.44. The molecule has 0 aromatic carbocycles. The molecule has 0 spiro atoms. The van der Waals surface area contributed by atoms with E-state index in [0.717, 1.165) is 24.2 Å². The quantitative estimate of drug-likeness (QED) is 0.250. The van der Waals surface area contributed by atoms with Gasteiger partial charge in [0, 0.05) is 25.9 Å². The minimum Gasteiger partial charge on any atom is -0.390 e. The van der Waals surface area contributed by atoms with Crippen molar-refractivity contribution < 1.29 is 26.3 Å². The lowest BCUT2D eigenvalue weighted by molar-refractivity contribution is -0.163. The monoisotopic (exact) mass is 528 g/mol. The van der Waals surface area contributed by atoms with Gasteiger partial charge in [-0.05, 0) is 18.2 Å². The van der Waals surface area contributed by atoms with E-state index in [2.05, 4.69) is 32.5 Å². The van der Waals surface area contributed by atoms with E-state index in [1.165, 1.54) is 10.9 Å². The van der Waals surface area contributed by atoms with Crippen molar-refractivity contribution in [3.8, 4) is 5.82 Å². The molecule has 14 heteroatoms. The van der Waals surface area contributed by atoms with Crippen molar-refractivity contribution in [2.45, 2.75) is 32.4 Å². The summed E-state index contributed by atoms with van der Waals surface area (Å²) in [4.78, 5) is 8.00. The average Bonchev–Trinajstić information content (AvgIpc) is 2.78. The molecule has 37 heavy (non-hydrogen) atoms. The van der Waals surface area contributed by atoms with Gasteiger partial charge in [-0.1, -0.05) is 20.4 Å². The number of allylic oxidation sites excluding steroid dienone is 2. The molecule has 0 radical (unpaired) electrons. The van der Waals surface area contributed by atoms with Crippen molar-refractivity contribution >= 4 is 17.9 Å². The first kappa shape index (κ1) is 27.6. The molecule has 4 N–H and O–H groups in total. The van der Waals surface area contributed by atoms with Gasteiger partial charge in [0.2, 0.25) is 5.97 Å². The van der Waals surface area contributed by atoms with Crippen LogP contribution in [0.3, 0.4) is 0 Å². The molecule has 1 aliphatic rings. The van der Waals surface area contributed by atoms with Crippen LogP contribution in [0.5, 0.6) is 0 Å². The van der Waals surface area contributed by atoms with E-state index >= 15 is 0 Å². The molecule has 0 amide bonds. The van der Waals surface area contributed by atoms with Crippen LogP contribution >= 0.6 is 0 Å². The van der Waals surface area contributed by atoms with Crippen LogP contribution in [0.2, 0.25) is 0 Å². The Morgan fingerprint density at radius 1 is 1.30 bits per heavy atom. The first-order chi connectivity index (χ1) is 17.3. The van der Waals surface area contributed by atoms with E-state index in [1.54, 1.807) is 17.9 Å². The van der Waals surface area contributed by atoms with E-state index in [9.17, 15) is 26.3 Å². The molecule has 0 fully saturated rings. The maximum atomic E-state index is 14.0. The summed E-state index contributed by atoms with van der Waals surface area (Å²) in [7, 11) is 1.67. The maximum absolute atomic E-state index is 14.0. The Morgan fingerprint density at radius 2 is 2.00 bits per heavy atom. The fraction of sp³-hybridized carbons (Fsp3) is 0.348. The zero-order chi connectivity index (χ0) is 27.5. The number of aliphatic imine (C=N–C) groups is 1. The minimum atomic E-state index is -4.76. The van der Waals surface area contributed by atoms with Gasteiger partial charge >= 0.3 is 6.18 Å². The van der Waals surface area contributed by atoms with Crippen molar-refractivity contribution in [1.29, 1.82) is 5.41 Å². The van der Waals surface area contributed by atoms with Crippen molar-refractivity contribution in [1.82, 2.24) is 25.0 Å². The van der Waals surface area contributed by atoms with E-state index in [1.807, 2.05) is 13.8 Å². The maximum Gasteiger partial charge on any atom is 0.398 e. The van der Waals surface area contributed by atoms with Gasteiger partial charge in [-0.2, -0.15) is 17.6 Å². The highest BCUT2D eigenvalue weighted by molar-refractivity contribution is 5.89. The van der Waals surface area contributed by atoms with Crippen LogP contribution in [0.4, 0.5) is 32.0 Å². The van der Waals surface area contributed by atoms with E-state index < -0.39 is 42.3 Å². The number of anilines is 1. The molecule has 1 aliphatic heterocycles. The Bertz CT molecular complexity index is 1250. The van der Waals surface area contributed by atoms with Crippen LogP contribution < -0.4 is 16.0 Å². The molecule has 0 aliphatic carbocycles. The molecule has 0 saturated carbocycles. The Morgan fingerprint density at radius 3 is 2.54 bits per heavy atom. The lowest BCUT2D eigenvalue weighted by Crippen LogP contribution is -2.40. The highest BCUT2D eigenvalue weighted by atomic mass is 19.4. The summed E-state index contributed by atoms with van der Waals surface area (Å²) in [6.45, 7) is 6.52. The van der Waals surface area contributed by atoms with Crippen molar-refractivity contribution in [3.05, 3.63) is 65.8 Å². The predicted octanol–water partition coefficient (Wildman–Crippen LogP) is 5.27. The van der Waals surface area contributed by atoms with Crippen molar-refractivity contribution in [2.75, 3.05) is 11.9 Å². The minimum absolute atomic E-state index is 0.00563. The second-order valence-corrected chi connectivity index (χ2v) is 8.45. The number of rotatable bonds is 10. The number of halogens is 6. The van der Waals surface area contributed by atoms with Crippen LogP contribution in [-0.2, 0) is 7.05 Å². The molecule has 2 aromatic heterocycles. The van der Waals surface area contributed by atoms with Crippen molar-refractivity contribution in [3.63, 3.8) is 0 Å². The summed E-state index contributed by atoms with van der Waals surface area (Å²) >= 11 is 0. The lowest BCUT2D eigenvalue weighted by atomic mass is 10.0. The SMILES string of the molecule is C=CNCC(C1=C(Nc2cnc(-n3c(C(C)C)cn3C)c(C(F)F)c2)C=N/C(=C/C(=N)F)N1)C(F)(F)F. The number of nitrogens with zero attached hydrogens (tertiary/aromatic N) is 4. The first-order valence-corrected chi connectivity index (χ1v) is 11.0. The largest absolute Gasteiger partial charge is 0.398 e. The van der Waals surface area contributed by atoms with Crippen LogP contribution in [0.15, 0.2) is 59.5 Å². The molecule has 1 unspecified atom stereocenters. The van der Waals surface area contributed by atoms with Gasteiger partial charge < -0.3 is 16.0 Å². The second kappa shape index (κ2) is 11.0. The number of hydrogen-bond acceptors (Lipinski definition) is 6. The van der Waals surface area contributed by atoms with E-state index in [0.29, 0.717) is 6.08 Å². The third-order valence-corrected chi connectivity index (χ3v) is 5.44. The summed E-state index contributed by atoms with van der Waals surface area (Å²) in [5.74, 6) is -3.87. The lowest BCUT2D eigenvalue weighted by Gasteiger charge is -2.29. The number of aryl methyl sites for hydroxylation is 1. The smallest absolute Gasteiger partial charge is 0.390 e. The van der Waals surface area contributed by atoms with E-state index in [-0.39, 0.29) is 28.9 Å². The summed E-state index contributed by atoms with van der Waals surface area (Å²) in [5.41, 5.74) is -0.333. The van der Waals surface area contributed by atoms with Crippen molar-refractivity contribution in [2.24, 2.45) is 18.0 Å². The molecule has 2 aromatic rings. The molecule has 200 valence electrons. The van der Waals surface area contributed by atoms with Gasteiger partial charge in [0.05, 0.1) is 40.8 Å². The highest BCUT2D eigenvalue weighted by Gasteiger charge is 2.44. The standard InChI is InChI=1S/C23H26F6N8/c1-5-31-9-15(23(27,28)29)20-16(10-32-19(35-20)7-18(24)30)34-13-6-14(21(25)26)22(33-8-13)37-17(12(2)3)11-36(37)4/h5-8,10-12,15,21,30-31,34-35H,1,9H2,2-4H3/b19-7-,30-18?. The molecule has 1 atom stereocenters. The molecule has 3 heterocycles. The summed E-state index contributed by atoms with van der Waals surface area (Å²) in [6.07, 6.45) is -2.00. The molecule has 8 nitrogen and oxygen atoms in total. The second-order valence-electron chi connectivity index (χ2n) is 8.45. The van der Waals surface area contributed by atoms with Gasteiger partial charge in [-0.25, -0.2) is 23.4 Å². The molecular formula is C23H26F6N8. The van der Waals surface area contributed by atoms with Gasteiger partial charge in [-0.3, -0.25) is 10.1 Å².